The molecule has 1 aliphatic rings. The average molecular weight is 247 g/mol. The minimum Gasteiger partial charge on any atom is -0.375 e. The number of nitrogens with zero attached hydrogens (tertiary/aromatic N) is 1. The second kappa shape index (κ2) is 8.17. The van der Waals surface area contributed by atoms with Gasteiger partial charge in [-0.3, -0.25) is 0 Å². The highest BCUT2D eigenvalue weighted by atomic mass is 16.3. The van der Waals surface area contributed by atoms with Crippen molar-refractivity contribution in [2.24, 2.45) is 5.92 Å². The summed E-state index contributed by atoms with van der Waals surface area (Å²) in [6.45, 7) is 2.15. The number of hydrogen-bond donors (Lipinski definition) is 1. The van der Waals surface area contributed by atoms with Gasteiger partial charge in [0.05, 0.1) is 6.07 Å². The second-order valence-electron chi connectivity index (χ2n) is 5.33. The average Bonchev–Trinajstić information content (AvgIpc) is 2.43. The Labute approximate surface area is 111 Å². The first-order chi connectivity index (χ1) is 8.73. The lowest BCUT2D eigenvalue weighted by Gasteiger charge is -2.32. The van der Waals surface area contributed by atoms with E-state index in [1.54, 1.807) is 0 Å². The van der Waals surface area contributed by atoms with E-state index in [0.717, 1.165) is 38.5 Å². The molecule has 0 spiro atoms. The number of rotatable bonds is 5. The maximum Gasteiger partial charge on any atom is 0.154 e. The van der Waals surface area contributed by atoms with E-state index in [4.69, 9.17) is 0 Å². The highest BCUT2D eigenvalue weighted by Crippen LogP contribution is 2.34. The molecule has 1 unspecified atom stereocenters. The van der Waals surface area contributed by atoms with Crippen molar-refractivity contribution in [2.45, 2.75) is 76.7 Å². The van der Waals surface area contributed by atoms with Gasteiger partial charge in [-0.15, -0.1) is 11.8 Å². The zero-order valence-corrected chi connectivity index (χ0v) is 11.5. The molecular weight excluding hydrogens is 222 g/mol. The fourth-order valence-corrected chi connectivity index (χ4v) is 2.63. The molecule has 2 heteroatoms. The summed E-state index contributed by atoms with van der Waals surface area (Å²) in [5.41, 5.74) is -1.14. The number of hydrogen-bond acceptors (Lipinski definition) is 2. The van der Waals surface area contributed by atoms with Crippen molar-refractivity contribution in [3.8, 4) is 17.9 Å². The largest absolute Gasteiger partial charge is 0.375 e. The summed E-state index contributed by atoms with van der Waals surface area (Å²) in [6, 6.07) is 2.14. The molecular formula is C16H25NO. The fourth-order valence-electron chi connectivity index (χ4n) is 2.63. The quantitative estimate of drug-likeness (QED) is 0.456. The van der Waals surface area contributed by atoms with E-state index in [1.165, 1.54) is 12.8 Å². The molecule has 0 aromatic rings. The van der Waals surface area contributed by atoms with Crippen molar-refractivity contribution in [3.05, 3.63) is 0 Å². The molecule has 0 aliphatic heterocycles. The Kier molecular flexibility index (Phi) is 6.84. The van der Waals surface area contributed by atoms with Gasteiger partial charge in [0.25, 0.3) is 0 Å². The Balaban J connectivity index is 2.39. The van der Waals surface area contributed by atoms with E-state index in [1.807, 2.05) is 0 Å². The monoisotopic (exact) mass is 247 g/mol. The van der Waals surface area contributed by atoms with Crippen LogP contribution in [0, 0.1) is 29.1 Å². The molecule has 1 N–H and O–H groups in total. The molecule has 1 aliphatic carbocycles. The minimum atomic E-state index is -1.14. The van der Waals surface area contributed by atoms with Gasteiger partial charge in [-0.25, -0.2) is 0 Å². The van der Waals surface area contributed by atoms with Crippen LogP contribution in [0.3, 0.4) is 0 Å². The molecule has 100 valence electrons. The predicted molar refractivity (Wildman–Crippen MR) is 73.7 cm³/mol. The Morgan fingerprint density at radius 1 is 1.17 bits per heavy atom. The first kappa shape index (κ1) is 15.1. The third kappa shape index (κ3) is 4.71. The van der Waals surface area contributed by atoms with Gasteiger partial charge in [0.2, 0.25) is 0 Å². The lowest BCUT2D eigenvalue weighted by molar-refractivity contribution is 0.0117. The molecule has 0 heterocycles. The third-order valence-corrected chi connectivity index (χ3v) is 3.89. The van der Waals surface area contributed by atoms with Crippen LogP contribution >= 0.6 is 0 Å². The van der Waals surface area contributed by atoms with Gasteiger partial charge in [0.15, 0.2) is 5.60 Å². The molecule has 1 fully saturated rings. The van der Waals surface area contributed by atoms with Gasteiger partial charge in [-0.2, -0.15) is 5.26 Å². The molecule has 1 saturated carbocycles. The van der Waals surface area contributed by atoms with Crippen LogP contribution in [0.4, 0.5) is 0 Å². The van der Waals surface area contributed by atoms with Crippen molar-refractivity contribution in [2.75, 3.05) is 0 Å². The summed E-state index contributed by atoms with van der Waals surface area (Å²) in [4.78, 5) is 0. The second-order valence-corrected chi connectivity index (χ2v) is 5.33. The molecule has 0 saturated heterocycles. The van der Waals surface area contributed by atoms with Gasteiger partial charge < -0.3 is 5.11 Å². The SMILES string of the molecule is CCCCC#CCCC(O)(C#N)C1CCCCC1. The lowest BCUT2D eigenvalue weighted by Crippen LogP contribution is -2.37. The van der Waals surface area contributed by atoms with Crippen LogP contribution in [-0.4, -0.2) is 10.7 Å². The summed E-state index contributed by atoms with van der Waals surface area (Å²) >= 11 is 0. The zero-order chi connectivity index (χ0) is 13.3. The van der Waals surface area contributed by atoms with Crippen LogP contribution in [0.25, 0.3) is 0 Å². The molecule has 2 nitrogen and oxygen atoms in total. The van der Waals surface area contributed by atoms with Crippen LogP contribution in [-0.2, 0) is 0 Å². The normalized spacial score (nSPS) is 19.4. The van der Waals surface area contributed by atoms with E-state index in [0.29, 0.717) is 12.8 Å². The maximum atomic E-state index is 10.4. The Morgan fingerprint density at radius 2 is 1.83 bits per heavy atom. The van der Waals surface area contributed by atoms with Crippen molar-refractivity contribution in [1.29, 1.82) is 5.26 Å². The van der Waals surface area contributed by atoms with Gasteiger partial charge in [0, 0.05) is 25.2 Å². The molecule has 0 aromatic carbocycles. The predicted octanol–water partition coefficient (Wildman–Crippen LogP) is 3.80. The standard InChI is InChI=1S/C16H25NO/c1-2-3-4-5-6-10-13-16(18,14-17)15-11-8-7-9-12-15/h15,18H,2-4,7-13H2,1H3. The molecule has 0 bridgehead atoms. The summed E-state index contributed by atoms with van der Waals surface area (Å²) in [6.07, 6.45) is 9.92. The Morgan fingerprint density at radius 3 is 2.44 bits per heavy atom. The molecule has 18 heavy (non-hydrogen) atoms. The van der Waals surface area contributed by atoms with Crippen molar-refractivity contribution in [1.82, 2.24) is 0 Å². The molecule has 1 atom stereocenters. The summed E-state index contributed by atoms with van der Waals surface area (Å²) < 4.78 is 0. The van der Waals surface area contributed by atoms with Gasteiger partial charge in [-0.05, 0) is 19.3 Å². The maximum absolute atomic E-state index is 10.4. The Bertz CT molecular complexity index is 327. The van der Waals surface area contributed by atoms with Crippen molar-refractivity contribution in [3.63, 3.8) is 0 Å². The minimum absolute atomic E-state index is 0.161. The van der Waals surface area contributed by atoms with Crippen molar-refractivity contribution < 1.29 is 5.11 Å². The van der Waals surface area contributed by atoms with E-state index < -0.39 is 5.60 Å². The van der Waals surface area contributed by atoms with Crippen LogP contribution in [0.2, 0.25) is 0 Å². The van der Waals surface area contributed by atoms with Crippen molar-refractivity contribution >= 4 is 0 Å². The van der Waals surface area contributed by atoms with Gasteiger partial charge >= 0.3 is 0 Å². The van der Waals surface area contributed by atoms with E-state index >= 15 is 0 Å². The topological polar surface area (TPSA) is 44.0 Å². The van der Waals surface area contributed by atoms with Crippen LogP contribution in [0.15, 0.2) is 0 Å². The summed E-state index contributed by atoms with van der Waals surface area (Å²) in [5.74, 6) is 6.36. The van der Waals surface area contributed by atoms with Gasteiger partial charge in [-0.1, -0.05) is 32.6 Å². The number of nitriles is 1. The zero-order valence-electron chi connectivity index (χ0n) is 11.5. The van der Waals surface area contributed by atoms with E-state index in [-0.39, 0.29) is 5.92 Å². The number of unbranched alkanes of at least 4 members (excludes halogenated alkanes) is 2. The van der Waals surface area contributed by atoms with Crippen LogP contribution in [0.1, 0.15) is 71.1 Å². The van der Waals surface area contributed by atoms with Gasteiger partial charge in [0.1, 0.15) is 0 Å². The van der Waals surface area contributed by atoms with Crippen LogP contribution in [0.5, 0.6) is 0 Å². The first-order valence-corrected chi connectivity index (χ1v) is 7.32. The molecule has 1 rings (SSSR count). The number of aliphatic hydroxyl groups is 1. The first-order valence-electron chi connectivity index (χ1n) is 7.32. The highest BCUT2D eigenvalue weighted by Gasteiger charge is 2.36. The van der Waals surface area contributed by atoms with E-state index in [9.17, 15) is 10.4 Å². The molecule has 0 aromatic heterocycles. The molecule has 0 radical (unpaired) electrons. The van der Waals surface area contributed by atoms with Crippen LogP contribution < -0.4 is 0 Å². The third-order valence-electron chi connectivity index (χ3n) is 3.89. The Hall–Kier alpha value is -0.990. The smallest absolute Gasteiger partial charge is 0.154 e. The summed E-state index contributed by atoms with van der Waals surface area (Å²) in [5, 5.41) is 19.6. The van der Waals surface area contributed by atoms with E-state index in [2.05, 4.69) is 24.8 Å². The molecule has 0 amide bonds. The fraction of sp³-hybridized carbons (Fsp3) is 0.812. The summed E-state index contributed by atoms with van der Waals surface area (Å²) in [7, 11) is 0. The highest BCUT2D eigenvalue weighted by molar-refractivity contribution is 5.08. The lowest BCUT2D eigenvalue weighted by atomic mass is 9.75.